The van der Waals surface area contributed by atoms with Crippen molar-refractivity contribution in [3.05, 3.63) is 27.3 Å². The van der Waals surface area contributed by atoms with E-state index < -0.39 is 17.7 Å². The number of rotatable bonds is 7. The third-order valence-electron chi connectivity index (χ3n) is 3.48. The molecular formula is C19H29IN2O4. The number of benzene rings is 1. The van der Waals surface area contributed by atoms with Gasteiger partial charge in [-0.3, -0.25) is 4.79 Å². The van der Waals surface area contributed by atoms with Crippen LogP contribution >= 0.6 is 22.6 Å². The number of aromatic hydroxyl groups is 1. The van der Waals surface area contributed by atoms with E-state index in [1.54, 1.807) is 39.0 Å². The molecule has 2 amide bonds. The standard InChI is InChI=1S/C19H29IN2O4/c1-12(2)8-9-21-17(24)15(22-18(25)26-19(3,4)5)11-13-6-7-16(23)14(20)10-13/h6-7,10,12,15,23H,8-9,11H2,1-5H3,(H,21,24)(H,22,25)/t15-/m0/s1. The van der Waals surface area contributed by atoms with Crippen LogP contribution in [-0.4, -0.2) is 35.3 Å². The van der Waals surface area contributed by atoms with Crippen LogP contribution in [0.15, 0.2) is 18.2 Å². The molecule has 1 rings (SSSR count). The molecule has 1 aromatic rings. The molecule has 0 aromatic heterocycles. The number of alkyl carbamates (subject to hydrolysis) is 1. The van der Waals surface area contributed by atoms with Gasteiger partial charge in [-0.25, -0.2) is 4.79 Å². The van der Waals surface area contributed by atoms with Crippen LogP contribution in [0, 0.1) is 9.49 Å². The molecule has 3 N–H and O–H groups in total. The zero-order valence-electron chi connectivity index (χ0n) is 16.1. The zero-order chi connectivity index (χ0) is 19.9. The molecule has 0 spiro atoms. The van der Waals surface area contributed by atoms with Gasteiger partial charge in [0.1, 0.15) is 17.4 Å². The van der Waals surface area contributed by atoms with Crippen LogP contribution in [0.5, 0.6) is 5.75 Å². The van der Waals surface area contributed by atoms with E-state index in [1.807, 2.05) is 22.6 Å². The Kier molecular flexibility index (Phi) is 8.66. The minimum Gasteiger partial charge on any atom is -0.507 e. The second-order valence-electron chi connectivity index (χ2n) is 7.66. The first-order valence-corrected chi connectivity index (χ1v) is 9.80. The van der Waals surface area contributed by atoms with Crippen molar-refractivity contribution in [1.29, 1.82) is 0 Å². The van der Waals surface area contributed by atoms with Gasteiger partial charge < -0.3 is 20.5 Å². The lowest BCUT2D eigenvalue weighted by Crippen LogP contribution is -2.49. The number of hydrogen-bond donors (Lipinski definition) is 3. The minimum absolute atomic E-state index is 0.187. The lowest BCUT2D eigenvalue weighted by Gasteiger charge is -2.23. The lowest BCUT2D eigenvalue weighted by molar-refractivity contribution is -0.123. The minimum atomic E-state index is -0.752. The summed E-state index contributed by atoms with van der Waals surface area (Å²) in [7, 11) is 0. The van der Waals surface area contributed by atoms with E-state index in [-0.39, 0.29) is 11.7 Å². The Balaban J connectivity index is 2.84. The van der Waals surface area contributed by atoms with Crippen molar-refractivity contribution in [3.63, 3.8) is 0 Å². The average Bonchev–Trinajstić information content (AvgIpc) is 2.48. The van der Waals surface area contributed by atoms with E-state index in [1.165, 1.54) is 0 Å². The molecule has 6 nitrogen and oxygen atoms in total. The Bertz CT molecular complexity index is 626. The van der Waals surface area contributed by atoms with Gasteiger partial charge in [0.25, 0.3) is 0 Å². The molecule has 1 atom stereocenters. The fraction of sp³-hybridized carbons (Fsp3) is 0.579. The number of ether oxygens (including phenoxy) is 1. The molecule has 0 aliphatic rings. The molecule has 7 heteroatoms. The third-order valence-corrected chi connectivity index (χ3v) is 4.34. The largest absolute Gasteiger partial charge is 0.507 e. The maximum Gasteiger partial charge on any atom is 0.408 e. The maximum atomic E-state index is 12.5. The van der Waals surface area contributed by atoms with Crippen LogP contribution in [0.25, 0.3) is 0 Å². The van der Waals surface area contributed by atoms with Crippen molar-refractivity contribution in [2.75, 3.05) is 6.54 Å². The second-order valence-corrected chi connectivity index (χ2v) is 8.82. The summed E-state index contributed by atoms with van der Waals surface area (Å²) in [5.41, 5.74) is 0.198. The van der Waals surface area contributed by atoms with Crippen LogP contribution in [0.2, 0.25) is 0 Å². The van der Waals surface area contributed by atoms with Crippen LogP contribution in [0.1, 0.15) is 46.6 Å². The van der Waals surface area contributed by atoms with Crippen LogP contribution in [0.3, 0.4) is 0 Å². The van der Waals surface area contributed by atoms with Crippen LogP contribution in [0.4, 0.5) is 4.79 Å². The van der Waals surface area contributed by atoms with Gasteiger partial charge in [0, 0.05) is 13.0 Å². The van der Waals surface area contributed by atoms with E-state index in [9.17, 15) is 14.7 Å². The SMILES string of the molecule is CC(C)CCNC(=O)[C@H](Cc1ccc(O)c(I)c1)NC(=O)OC(C)(C)C. The van der Waals surface area contributed by atoms with Crippen molar-refractivity contribution in [2.45, 2.75) is 59.1 Å². The highest BCUT2D eigenvalue weighted by Gasteiger charge is 2.24. The van der Waals surface area contributed by atoms with E-state index >= 15 is 0 Å². The molecular weight excluding hydrogens is 447 g/mol. The summed E-state index contributed by atoms with van der Waals surface area (Å²) in [6, 6.07) is 4.36. The molecule has 0 bridgehead atoms. The quantitative estimate of drug-likeness (QED) is 0.525. The molecule has 0 saturated carbocycles. The lowest BCUT2D eigenvalue weighted by atomic mass is 10.0. The first-order chi connectivity index (χ1) is 12.0. The smallest absolute Gasteiger partial charge is 0.408 e. The number of amides is 2. The number of hydrogen-bond acceptors (Lipinski definition) is 4. The van der Waals surface area contributed by atoms with Gasteiger partial charge in [0.2, 0.25) is 5.91 Å². The second kappa shape index (κ2) is 9.99. The Morgan fingerprint density at radius 2 is 1.92 bits per heavy atom. The van der Waals surface area contributed by atoms with Crippen LogP contribution in [-0.2, 0) is 16.0 Å². The zero-order valence-corrected chi connectivity index (χ0v) is 18.2. The van der Waals surface area contributed by atoms with Gasteiger partial charge >= 0.3 is 6.09 Å². The maximum absolute atomic E-state index is 12.5. The Labute approximate surface area is 169 Å². The van der Waals surface area contributed by atoms with Gasteiger partial charge in [-0.05, 0) is 73.4 Å². The van der Waals surface area contributed by atoms with Gasteiger partial charge in [0.05, 0.1) is 3.57 Å². The summed E-state index contributed by atoms with van der Waals surface area (Å²) < 4.78 is 5.96. The topological polar surface area (TPSA) is 87.7 Å². The number of phenols is 1. The van der Waals surface area contributed by atoms with E-state index in [2.05, 4.69) is 24.5 Å². The number of carbonyl (C=O) groups is 2. The highest BCUT2D eigenvalue weighted by Crippen LogP contribution is 2.21. The Morgan fingerprint density at radius 1 is 1.27 bits per heavy atom. The Morgan fingerprint density at radius 3 is 2.46 bits per heavy atom. The molecule has 0 fully saturated rings. The van der Waals surface area contributed by atoms with Gasteiger partial charge in [-0.15, -0.1) is 0 Å². The van der Waals surface area contributed by atoms with Crippen molar-refractivity contribution in [2.24, 2.45) is 5.92 Å². The normalized spacial score (nSPS) is 12.6. The van der Waals surface area contributed by atoms with Crippen LogP contribution < -0.4 is 10.6 Å². The first kappa shape index (κ1) is 22.5. The predicted octanol–water partition coefficient (Wildman–Crippen LogP) is 3.59. The molecule has 0 unspecified atom stereocenters. The van der Waals surface area contributed by atoms with E-state index in [0.29, 0.717) is 22.5 Å². The fourth-order valence-electron chi connectivity index (χ4n) is 2.18. The molecule has 0 aliphatic carbocycles. The molecule has 1 aromatic carbocycles. The van der Waals surface area contributed by atoms with E-state index in [4.69, 9.17) is 4.74 Å². The fourth-order valence-corrected chi connectivity index (χ4v) is 2.76. The predicted molar refractivity (Wildman–Crippen MR) is 110 cm³/mol. The molecule has 0 radical (unpaired) electrons. The molecule has 0 heterocycles. The molecule has 0 aliphatic heterocycles. The number of carbonyl (C=O) groups excluding carboxylic acids is 2. The van der Waals surface area contributed by atoms with Crippen molar-refractivity contribution < 1.29 is 19.4 Å². The van der Waals surface area contributed by atoms with Gasteiger partial charge in [0.15, 0.2) is 0 Å². The third kappa shape index (κ3) is 8.73. The van der Waals surface area contributed by atoms with Crippen molar-refractivity contribution in [1.82, 2.24) is 10.6 Å². The molecule has 0 saturated heterocycles. The summed E-state index contributed by atoms with van der Waals surface area (Å²) >= 11 is 2.02. The summed E-state index contributed by atoms with van der Waals surface area (Å²) in [5, 5.41) is 15.2. The average molecular weight is 476 g/mol. The highest BCUT2D eigenvalue weighted by molar-refractivity contribution is 14.1. The summed E-state index contributed by atoms with van der Waals surface area (Å²) in [6.45, 7) is 10.0. The summed E-state index contributed by atoms with van der Waals surface area (Å²) in [4.78, 5) is 24.7. The number of nitrogens with one attached hydrogen (secondary N) is 2. The molecule has 26 heavy (non-hydrogen) atoms. The van der Waals surface area contributed by atoms with Gasteiger partial charge in [-0.2, -0.15) is 0 Å². The number of halogens is 1. The Hall–Kier alpha value is -1.51. The number of phenolic OH excluding ortho intramolecular Hbond substituents is 1. The van der Waals surface area contributed by atoms with Gasteiger partial charge in [-0.1, -0.05) is 19.9 Å². The van der Waals surface area contributed by atoms with Crippen molar-refractivity contribution in [3.8, 4) is 5.75 Å². The van der Waals surface area contributed by atoms with Crippen molar-refractivity contribution >= 4 is 34.6 Å². The monoisotopic (exact) mass is 476 g/mol. The summed E-state index contributed by atoms with van der Waals surface area (Å²) in [6.07, 6.45) is 0.542. The van der Waals surface area contributed by atoms with E-state index in [0.717, 1.165) is 12.0 Å². The molecule has 146 valence electrons. The summed E-state index contributed by atoms with van der Waals surface area (Å²) in [5.74, 6) is 0.415. The highest BCUT2D eigenvalue weighted by atomic mass is 127. The first-order valence-electron chi connectivity index (χ1n) is 8.72.